The van der Waals surface area contributed by atoms with E-state index in [1.54, 1.807) is 0 Å². The smallest absolute Gasteiger partial charge is 0.0181 e. The van der Waals surface area contributed by atoms with Gasteiger partial charge in [0.25, 0.3) is 0 Å². The van der Waals surface area contributed by atoms with Gasteiger partial charge in [0.15, 0.2) is 0 Å². The van der Waals surface area contributed by atoms with Gasteiger partial charge in [0.2, 0.25) is 0 Å². The Morgan fingerprint density at radius 2 is 1.73 bits per heavy atom. The molecule has 64 valence electrons. The summed E-state index contributed by atoms with van der Waals surface area (Å²) in [6, 6.07) is 0. The summed E-state index contributed by atoms with van der Waals surface area (Å²) in [4.78, 5) is 2.35. The zero-order valence-corrected chi connectivity index (χ0v) is 7.98. The lowest BCUT2D eigenvalue weighted by Gasteiger charge is -2.40. The first-order valence-corrected chi connectivity index (χ1v) is 4.39. The van der Waals surface area contributed by atoms with E-state index in [2.05, 4.69) is 32.5 Å². The molecule has 0 radical (unpaired) electrons. The van der Waals surface area contributed by atoms with E-state index in [1.165, 1.54) is 31.3 Å². The molecule has 0 bridgehead atoms. The first-order chi connectivity index (χ1) is 5.04. The molecule has 0 aromatic rings. The first kappa shape index (κ1) is 8.79. The molecule has 0 unspecified atom stereocenters. The molecule has 1 fully saturated rings. The highest BCUT2D eigenvalue weighted by Crippen LogP contribution is 2.33. The van der Waals surface area contributed by atoms with Crippen LogP contribution in [0.5, 0.6) is 0 Å². The zero-order valence-electron chi connectivity index (χ0n) is 7.98. The van der Waals surface area contributed by atoms with Gasteiger partial charge in [-0.2, -0.15) is 0 Å². The molecule has 11 heavy (non-hydrogen) atoms. The highest BCUT2D eigenvalue weighted by Gasteiger charge is 2.29. The van der Waals surface area contributed by atoms with E-state index in [0.717, 1.165) is 0 Å². The van der Waals surface area contributed by atoms with E-state index in [4.69, 9.17) is 0 Å². The van der Waals surface area contributed by atoms with Crippen LogP contribution in [0.25, 0.3) is 0 Å². The fourth-order valence-corrected chi connectivity index (χ4v) is 1.59. The zero-order chi connectivity index (χ0) is 8.48. The average molecular weight is 153 g/mol. The molecule has 0 spiro atoms. The Bertz CT molecular complexity index is 148. The van der Waals surface area contributed by atoms with E-state index >= 15 is 0 Å². The Balaban J connectivity index is 2.55. The van der Waals surface area contributed by atoms with Crippen LogP contribution in [0.4, 0.5) is 0 Å². The molecule has 0 atom stereocenters. The van der Waals surface area contributed by atoms with Crippen LogP contribution in [0.2, 0.25) is 0 Å². The average Bonchev–Trinajstić information content (AvgIpc) is 1.95. The number of allylic oxidation sites excluding steroid dienone is 1. The third kappa shape index (κ3) is 1.84. The topological polar surface area (TPSA) is 3.24 Å². The number of nitrogens with zero attached hydrogens (tertiary/aromatic N) is 1. The molecule has 0 heterocycles. The maximum absolute atomic E-state index is 4.02. The summed E-state index contributed by atoms with van der Waals surface area (Å²) in [7, 11) is 4.35. The lowest BCUT2D eigenvalue weighted by Crippen LogP contribution is -2.42. The molecule has 0 aromatic carbocycles. The molecule has 1 rings (SSSR count). The molecular formula is C10H19N. The summed E-state index contributed by atoms with van der Waals surface area (Å²) in [6.45, 7) is 6.37. The lowest BCUT2D eigenvalue weighted by molar-refractivity contribution is 0.135. The number of rotatable bonds is 1. The van der Waals surface area contributed by atoms with E-state index in [-0.39, 0.29) is 0 Å². The Morgan fingerprint density at radius 1 is 1.27 bits per heavy atom. The standard InChI is InChI=1S/C10H19N/c1-9-5-7-10(2,8-6-9)11(3)4/h1,5-8H2,2-4H3. The summed E-state index contributed by atoms with van der Waals surface area (Å²) < 4.78 is 0. The fourth-order valence-electron chi connectivity index (χ4n) is 1.59. The minimum absolute atomic E-state index is 0.432. The third-order valence-corrected chi connectivity index (χ3v) is 3.11. The van der Waals surface area contributed by atoms with Crippen molar-refractivity contribution in [3.63, 3.8) is 0 Å². The van der Waals surface area contributed by atoms with Crippen molar-refractivity contribution in [2.24, 2.45) is 0 Å². The van der Waals surface area contributed by atoms with Crippen molar-refractivity contribution in [3.05, 3.63) is 12.2 Å². The molecule has 0 aromatic heterocycles. The van der Waals surface area contributed by atoms with Gasteiger partial charge < -0.3 is 4.90 Å². The summed E-state index contributed by atoms with van der Waals surface area (Å²) in [5, 5.41) is 0. The van der Waals surface area contributed by atoms with Crippen molar-refractivity contribution >= 4 is 0 Å². The van der Waals surface area contributed by atoms with E-state index in [1.807, 2.05) is 0 Å². The van der Waals surface area contributed by atoms with Crippen molar-refractivity contribution in [1.29, 1.82) is 0 Å². The second-order valence-corrected chi connectivity index (χ2v) is 4.14. The van der Waals surface area contributed by atoms with Crippen molar-refractivity contribution in [1.82, 2.24) is 4.90 Å². The molecule has 1 aliphatic rings. The Labute approximate surface area is 70.1 Å². The minimum Gasteiger partial charge on any atom is -0.304 e. The Hall–Kier alpha value is -0.300. The van der Waals surface area contributed by atoms with Gasteiger partial charge >= 0.3 is 0 Å². The van der Waals surface area contributed by atoms with Gasteiger partial charge in [-0.05, 0) is 46.7 Å². The maximum atomic E-state index is 4.02. The predicted octanol–water partition coefficient (Wildman–Crippen LogP) is 2.44. The molecule has 1 heteroatoms. The monoisotopic (exact) mass is 153 g/mol. The van der Waals surface area contributed by atoms with Crippen LogP contribution in [0.1, 0.15) is 32.6 Å². The summed E-state index contributed by atoms with van der Waals surface area (Å²) in [6.07, 6.45) is 4.99. The van der Waals surface area contributed by atoms with E-state index in [9.17, 15) is 0 Å². The summed E-state index contributed by atoms with van der Waals surface area (Å²) >= 11 is 0. The maximum Gasteiger partial charge on any atom is 0.0181 e. The third-order valence-electron chi connectivity index (χ3n) is 3.11. The summed E-state index contributed by atoms with van der Waals surface area (Å²) in [5.74, 6) is 0. The van der Waals surface area contributed by atoms with Crippen LogP contribution in [0.3, 0.4) is 0 Å². The van der Waals surface area contributed by atoms with Gasteiger partial charge in [0, 0.05) is 5.54 Å². The highest BCUT2D eigenvalue weighted by atomic mass is 15.1. The van der Waals surface area contributed by atoms with Crippen LogP contribution in [-0.2, 0) is 0 Å². The van der Waals surface area contributed by atoms with Gasteiger partial charge in [0.1, 0.15) is 0 Å². The highest BCUT2D eigenvalue weighted by molar-refractivity contribution is 5.04. The van der Waals surface area contributed by atoms with Gasteiger partial charge in [-0.15, -0.1) is 0 Å². The fraction of sp³-hybridized carbons (Fsp3) is 0.800. The van der Waals surface area contributed by atoms with Gasteiger partial charge in [-0.25, -0.2) is 0 Å². The van der Waals surface area contributed by atoms with Crippen molar-refractivity contribution in [2.45, 2.75) is 38.1 Å². The van der Waals surface area contributed by atoms with Crippen molar-refractivity contribution in [2.75, 3.05) is 14.1 Å². The molecule has 1 aliphatic carbocycles. The van der Waals surface area contributed by atoms with Crippen molar-refractivity contribution in [3.8, 4) is 0 Å². The molecule has 1 nitrogen and oxygen atoms in total. The SMILES string of the molecule is C=C1CCC(C)(N(C)C)CC1. The Morgan fingerprint density at radius 3 is 2.09 bits per heavy atom. The molecule has 0 aliphatic heterocycles. The number of hydrogen-bond acceptors (Lipinski definition) is 1. The van der Waals surface area contributed by atoms with Crippen LogP contribution in [-0.4, -0.2) is 24.5 Å². The largest absolute Gasteiger partial charge is 0.304 e. The molecule has 0 amide bonds. The second kappa shape index (κ2) is 2.98. The predicted molar refractivity (Wildman–Crippen MR) is 49.7 cm³/mol. The van der Waals surface area contributed by atoms with Crippen molar-refractivity contribution < 1.29 is 0 Å². The van der Waals surface area contributed by atoms with Crippen LogP contribution < -0.4 is 0 Å². The number of hydrogen-bond donors (Lipinski definition) is 0. The van der Waals surface area contributed by atoms with Crippen LogP contribution >= 0.6 is 0 Å². The van der Waals surface area contributed by atoms with Gasteiger partial charge in [0.05, 0.1) is 0 Å². The second-order valence-electron chi connectivity index (χ2n) is 4.14. The quantitative estimate of drug-likeness (QED) is 0.523. The van der Waals surface area contributed by atoms with E-state index in [0.29, 0.717) is 5.54 Å². The molecule has 1 saturated carbocycles. The lowest BCUT2D eigenvalue weighted by atomic mass is 9.80. The van der Waals surface area contributed by atoms with Gasteiger partial charge in [-0.3, -0.25) is 0 Å². The molecule has 0 saturated heterocycles. The normalized spacial score (nSPS) is 24.2. The Kier molecular flexibility index (Phi) is 2.38. The van der Waals surface area contributed by atoms with Crippen LogP contribution in [0, 0.1) is 0 Å². The molecule has 0 N–H and O–H groups in total. The van der Waals surface area contributed by atoms with Gasteiger partial charge in [-0.1, -0.05) is 12.2 Å². The minimum atomic E-state index is 0.432. The first-order valence-electron chi connectivity index (χ1n) is 4.39. The van der Waals surface area contributed by atoms with Crippen LogP contribution in [0.15, 0.2) is 12.2 Å². The summed E-state index contributed by atoms with van der Waals surface area (Å²) in [5.41, 5.74) is 1.87. The van der Waals surface area contributed by atoms with E-state index < -0.39 is 0 Å². The molecular weight excluding hydrogens is 134 g/mol.